The van der Waals surface area contributed by atoms with Gasteiger partial charge in [-0.25, -0.2) is 4.79 Å². The maximum atomic E-state index is 11.5. The zero-order chi connectivity index (χ0) is 10.8. The van der Waals surface area contributed by atoms with Crippen LogP contribution in [0.3, 0.4) is 0 Å². The average molecular weight is 191 g/mol. The number of hydrogen-bond donors (Lipinski definition) is 0. The van der Waals surface area contributed by atoms with Crippen molar-refractivity contribution in [2.45, 2.75) is 26.4 Å². The summed E-state index contributed by atoms with van der Waals surface area (Å²) in [5.74, 6) is -0.294. The molecule has 2 heteroatoms. The summed E-state index contributed by atoms with van der Waals surface area (Å²) in [6.07, 6.45) is 0. The van der Waals surface area contributed by atoms with E-state index in [1.807, 2.05) is 20.8 Å². The molecule has 0 saturated heterocycles. The summed E-state index contributed by atoms with van der Waals surface area (Å²) >= 11 is 0. The Morgan fingerprint density at radius 2 is 1.71 bits per heavy atom. The van der Waals surface area contributed by atoms with Gasteiger partial charge in [0.15, 0.2) is 0 Å². The fraction of sp³-hybridized carbons (Fsp3) is 0.333. The Labute approximate surface area is 84.9 Å². The van der Waals surface area contributed by atoms with Crippen molar-refractivity contribution < 1.29 is 9.53 Å². The van der Waals surface area contributed by atoms with Crippen LogP contribution in [-0.2, 0) is 4.74 Å². The third-order valence-corrected chi connectivity index (χ3v) is 1.59. The van der Waals surface area contributed by atoms with E-state index in [0.29, 0.717) is 5.56 Å². The second-order valence-corrected chi connectivity index (χ2v) is 4.20. The largest absolute Gasteiger partial charge is 0.456 e. The highest BCUT2D eigenvalue weighted by Crippen LogP contribution is 2.12. The van der Waals surface area contributed by atoms with Crippen LogP contribution in [0.5, 0.6) is 0 Å². The summed E-state index contributed by atoms with van der Waals surface area (Å²) in [4.78, 5) is 11.5. The molecule has 0 amide bonds. The summed E-state index contributed by atoms with van der Waals surface area (Å²) in [5.41, 5.74) is 1.00. The molecule has 2 nitrogen and oxygen atoms in total. The number of hydrogen-bond acceptors (Lipinski definition) is 2. The second kappa shape index (κ2) is 3.82. The molecule has 0 fully saturated rings. The zero-order valence-corrected chi connectivity index (χ0v) is 8.83. The van der Waals surface area contributed by atoms with Gasteiger partial charge < -0.3 is 4.74 Å². The van der Waals surface area contributed by atoms with Crippen LogP contribution in [0, 0.1) is 6.92 Å². The Hall–Kier alpha value is -1.31. The Morgan fingerprint density at radius 3 is 2.14 bits per heavy atom. The van der Waals surface area contributed by atoms with Gasteiger partial charge >= 0.3 is 5.97 Å². The highest BCUT2D eigenvalue weighted by Gasteiger charge is 2.17. The van der Waals surface area contributed by atoms with E-state index in [4.69, 9.17) is 4.74 Å². The number of ether oxygens (including phenoxy) is 1. The van der Waals surface area contributed by atoms with Crippen LogP contribution >= 0.6 is 0 Å². The van der Waals surface area contributed by atoms with Crippen LogP contribution in [0.25, 0.3) is 0 Å². The molecule has 0 aromatic heterocycles. The molecule has 1 rings (SSSR count). The van der Waals surface area contributed by atoms with Crippen LogP contribution in [0.1, 0.15) is 36.7 Å². The lowest BCUT2D eigenvalue weighted by atomic mass is 10.1. The normalized spacial score (nSPS) is 11.1. The third kappa shape index (κ3) is 3.21. The first-order valence-corrected chi connectivity index (χ1v) is 4.54. The maximum Gasteiger partial charge on any atom is 0.338 e. The van der Waals surface area contributed by atoms with E-state index in [9.17, 15) is 4.79 Å². The fourth-order valence-electron chi connectivity index (χ4n) is 0.978. The van der Waals surface area contributed by atoms with Gasteiger partial charge in [0.1, 0.15) is 5.60 Å². The third-order valence-electron chi connectivity index (χ3n) is 1.59. The van der Waals surface area contributed by atoms with E-state index in [-0.39, 0.29) is 5.97 Å². The van der Waals surface area contributed by atoms with Gasteiger partial charge in [-0.2, -0.15) is 0 Å². The number of benzene rings is 1. The molecular formula is C12H15O2. The van der Waals surface area contributed by atoms with Crippen molar-refractivity contribution in [3.63, 3.8) is 0 Å². The predicted octanol–water partition coefficient (Wildman–Crippen LogP) is 2.82. The molecule has 1 aromatic rings. The van der Waals surface area contributed by atoms with Crippen molar-refractivity contribution in [2.75, 3.05) is 0 Å². The predicted molar refractivity (Wildman–Crippen MR) is 56.1 cm³/mol. The van der Waals surface area contributed by atoms with Gasteiger partial charge in [0, 0.05) is 0 Å². The minimum absolute atomic E-state index is 0.294. The molecular weight excluding hydrogens is 176 g/mol. The quantitative estimate of drug-likeness (QED) is 0.638. The summed E-state index contributed by atoms with van der Waals surface area (Å²) in [5, 5.41) is 0. The molecule has 0 aliphatic heterocycles. The fourth-order valence-corrected chi connectivity index (χ4v) is 0.978. The van der Waals surface area contributed by atoms with Crippen molar-refractivity contribution in [2.24, 2.45) is 0 Å². The minimum atomic E-state index is -0.444. The van der Waals surface area contributed by atoms with Crippen LogP contribution < -0.4 is 0 Å². The number of carbonyl (C=O) groups is 1. The molecule has 0 aliphatic rings. The first-order valence-electron chi connectivity index (χ1n) is 4.54. The van der Waals surface area contributed by atoms with Crippen molar-refractivity contribution in [1.82, 2.24) is 0 Å². The van der Waals surface area contributed by atoms with Crippen LogP contribution in [0.4, 0.5) is 0 Å². The highest BCUT2D eigenvalue weighted by atomic mass is 16.6. The van der Waals surface area contributed by atoms with Gasteiger partial charge in [-0.15, -0.1) is 0 Å². The van der Waals surface area contributed by atoms with Crippen molar-refractivity contribution in [3.05, 3.63) is 42.3 Å². The monoisotopic (exact) mass is 191 g/mol. The molecule has 1 radical (unpaired) electrons. The van der Waals surface area contributed by atoms with Gasteiger partial charge in [-0.3, -0.25) is 0 Å². The van der Waals surface area contributed by atoms with Crippen molar-refractivity contribution in [1.29, 1.82) is 0 Å². The lowest BCUT2D eigenvalue weighted by Crippen LogP contribution is -2.23. The minimum Gasteiger partial charge on any atom is -0.456 e. The number of carbonyl (C=O) groups excluding carboxylic acids is 1. The maximum absolute atomic E-state index is 11.5. The van der Waals surface area contributed by atoms with Gasteiger partial charge in [-0.05, 0) is 45.4 Å². The first kappa shape index (κ1) is 10.8. The Kier molecular flexibility index (Phi) is 2.94. The van der Waals surface area contributed by atoms with E-state index in [1.54, 1.807) is 24.3 Å². The van der Waals surface area contributed by atoms with Gasteiger partial charge in [-0.1, -0.05) is 12.1 Å². The molecule has 75 valence electrons. The van der Waals surface area contributed by atoms with Crippen LogP contribution in [0.15, 0.2) is 24.3 Å². The Bertz CT molecular complexity index is 317. The summed E-state index contributed by atoms with van der Waals surface area (Å²) in [6.45, 7) is 9.29. The van der Waals surface area contributed by atoms with E-state index in [2.05, 4.69) is 6.92 Å². The lowest BCUT2D eigenvalue weighted by Gasteiger charge is -2.19. The molecule has 0 atom stereocenters. The first-order chi connectivity index (χ1) is 6.38. The zero-order valence-electron chi connectivity index (χ0n) is 8.83. The molecule has 0 spiro atoms. The standard InChI is InChI=1S/C12H15O2/c1-9-5-7-10(8-6-9)11(13)14-12(2,3)4/h5-8H,1H2,2-4H3. The number of esters is 1. The summed E-state index contributed by atoms with van der Waals surface area (Å²) in [7, 11) is 0. The molecule has 14 heavy (non-hydrogen) atoms. The Morgan fingerprint density at radius 1 is 1.21 bits per heavy atom. The van der Waals surface area contributed by atoms with Gasteiger partial charge in [0.25, 0.3) is 0 Å². The average Bonchev–Trinajstić information content (AvgIpc) is 2.02. The smallest absolute Gasteiger partial charge is 0.338 e. The Balaban J connectivity index is 2.76. The SMILES string of the molecule is [CH2]c1ccc(C(=O)OC(C)(C)C)cc1. The molecule has 0 N–H and O–H groups in total. The van der Waals surface area contributed by atoms with E-state index < -0.39 is 5.60 Å². The van der Waals surface area contributed by atoms with E-state index in [1.165, 1.54) is 0 Å². The molecule has 1 aromatic carbocycles. The highest BCUT2D eigenvalue weighted by molar-refractivity contribution is 5.89. The lowest BCUT2D eigenvalue weighted by molar-refractivity contribution is 0.00696. The van der Waals surface area contributed by atoms with E-state index in [0.717, 1.165) is 5.56 Å². The molecule has 0 bridgehead atoms. The van der Waals surface area contributed by atoms with Gasteiger partial charge in [0.2, 0.25) is 0 Å². The van der Waals surface area contributed by atoms with E-state index >= 15 is 0 Å². The second-order valence-electron chi connectivity index (χ2n) is 4.20. The number of rotatable bonds is 1. The molecule has 0 heterocycles. The van der Waals surface area contributed by atoms with Crippen molar-refractivity contribution in [3.8, 4) is 0 Å². The molecule has 0 saturated carbocycles. The topological polar surface area (TPSA) is 26.3 Å². The van der Waals surface area contributed by atoms with Crippen molar-refractivity contribution >= 4 is 5.97 Å². The summed E-state index contributed by atoms with van der Waals surface area (Å²) < 4.78 is 5.20. The van der Waals surface area contributed by atoms with Crippen LogP contribution in [-0.4, -0.2) is 11.6 Å². The van der Waals surface area contributed by atoms with Crippen LogP contribution in [0.2, 0.25) is 0 Å². The molecule has 0 aliphatic carbocycles. The summed E-state index contributed by atoms with van der Waals surface area (Å²) in [6, 6.07) is 7.02. The van der Waals surface area contributed by atoms with Gasteiger partial charge in [0.05, 0.1) is 5.56 Å². The molecule has 0 unspecified atom stereocenters.